The van der Waals surface area contributed by atoms with Crippen molar-refractivity contribution in [2.24, 2.45) is 4.99 Å². The summed E-state index contributed by atoms with van der Waals surface area (Å²) in [5.41, 5.74) is 2.26. The van der Waals surface area contributed by atoms with E-state index in [4.69, 9.17) is 4.74 Å². The number of benzene rings is 2. The van der Waals surface area contributed by atoms with Gasteiger partial charge >= 0.3 is 0 Å². The van der Waals surface area contributed by atoms with Gasteiger partial charge in [0.1, 0.15) is 18.0 Å². The van der Waals surface area contributed by atoms with Crippen LogP contribution in [0.1, 0.15) is 58.2 Å². The Balaban J connectivity index is 1.61. The fourth-order valence-electron chi connectivity index (χ4n) is 3.54. The fourth-order valence-corrected chi connectivity index (χ4v) is 3.54. The number of aliphatic imine (C=N–C) groups is 1. The molecule has 0 radical (unpaired) electrons. The van der Waals surface area contributed by atoms with E-state index in [1.807, 2.05) is 13.8 Å². The number of halogens is 1. The van der Waals surface area contributed by atoms with Gasteiger partial charge in [-0.25, -0.2) is 9.38 Å². The second-order valence-corrected chi connectivity index (χ2v) is 8.79. The summed E-state index contributed by atoms with van der Waals surface area (Å²) in [6, 6.07) is 10.1. The molecule has 0 spiro atoms. The maximum absolute atomic E-state index is 15.0. The van der Waals surface area contributed by atoms with Crippen molar-refractivity contribution in [3.05, 3.63) is 47.8 Å². The van der Waals surface area contributed by atoms with Crippen molar-refractivity contribution >= 4 is 35.2 Å². The number of rotatable bonds is 11. The van der Waals surface area contributed by atoms with E-state index in [0.29, 0.717) is 35.0 Å². The predicted octanol–water partition coefficient (Wildman–Crippen LogP) is 5.15. The van der Waals surface area contributed by atoms with Gasteiger partial charge in [-0.2, -0.15) is 0 Å². The van der Waals surface area contributed by atoms with Crippen molar-refractivity contribution in [1.82, 2.24) is 4.90 Å². The number of anilines is 3. The van der Waals surface area contributed by atoms with Crippen molar-refractivity contribution < 1.29 is 18.7 Å². The van der Waals surface area contributed by atoms with Gasteiger partial charge in [0.25, 0.3) is 0 Å². The third-order valence-electron chi connectivity index (χ3n) is 5.79. The van der Waals surface area contributed by atoms with Crippen LogP contribution in [-0.2, 0) is 9.59 Å². The Morgan fingerprint density at radius 1 is 1.17 bits per heavy atom. The summed E-state index contributed by atoms with van der Waals surface area (Å²) in [6.45, 7) is 6.45. The van der Waals surface area contributed by atoms with Crippen LogP contribution < -0.4 is 20.7 Å². The number of hydrogen-bond acceptors (Lipinski definition) is 6. The molecule has 35 heavy (non-hydrogen) atoms. The molecule has 0 saturated carbocycles. The number of carbonyl (C=O) groups excluding carboxylic acids is 2. The maximum atomic E-state index is 15.0. The van der Waals surface area contributed by atoms with Crippen LogP contribution in [0.4, 0.5) is 21.5 Å². The fraction of sp³-hybridized carbons (Fsp3) is 0.423. The topological polar surface area (TPSA) is 95.1 Å². The normalized spacial score (nSPS) is 14.2. The van der Waals surface area contributed by atoms with Crippen LogP contribution in [0.2, 0.25) is 0 Å². The zero-order valence-electron chi connectivity index (χ0n) is 20.7. The lowest BCUT2D eigenvalue weighted by molar-refractivity contribution is -0.134. The minimum Gasteiger partial charge on any atom is -0.493 e. The molecule has 2 aromatic rings. The van der Waals surface area contributed by atoms with Crippen molar-refractivity contribution in [3.63, 3.8) is 0 Å². The third kappa shape index (κ3) is 7.18. The summed E-state index contributed by atoms with van der Waals surface area (Å²) in [5.74, 6) is -0.545. The molecule has 2 amide bonds. The molecule has 0 bridgehead atoms. The summed E-state index contributed by atoms with van der Waals surface area (Å²) < 4.78 is 20.7. The number of nitrogens with one attached hydrogen (secondary N) is 3. The van der Waals surface area contributed by atoms with E-state index in [0.717, 1.165) is 19.3 Å². The Bertz CT molecular complexity index is 1060. The molecule has 1 aliphatic rings. The Kier molecular flexibility index (Phi) is 9.05. The predicted molar refractivity (Wildman–Crippen MR) is 137 cm³/mol. The molecule has 1 heterocycles. The number of unbranched alkanes of at least 4 members (excludes halogenated alkanes) is 2. The standard InChI is InChI=1S/C26H34FN5O3/c1-5-6-7-12-35-20-13-21(27)25-22(14-20)28-16-29-26(25)31-19-10-8-18(9-11-19)30-23(33)15-24(34)32(4)17(2)3/h8-11,13-14,16-17,26,31H,5-7,12,15H2,1-4H3,(H,28,29)(H,30,33). The summed E-state index contributed by atoms with van der Waals surface area (Å²) in [5, 5.41) is 8.92. The monoisotopic (exact) mass is 483 g/mol. The van der Waals surface area contributed by atoms with Crippen LogP contribution in [0.25, 0.3) is 0 Å². The zero-order chi connectivity index (χ0) is 25.4. The number of hydrogen-bond donors (Lipinski definition) is 3. The van der Waals surface area contributed by atoms with Gasteiger partial charge in [-0.1, -0.05) is 19.8 Å². The molecule has 1 atom stereocenters. The summed E-state index contributed by atoms with van der Waals surface area (Å²) in [7, 11) is 1.67. The number of carbonyl (C=O) groups is 2. The third-order valence-corrected chi connectivity index (χ3v) is 5.79. The molecule has 0 fully saturated rings. The SMILES string of the molecule is CCCCCOc1cc(F)c2c(c1)NC=NC2Nc1ccc(NC(=O)CC(=O)N(C)C(C)C)cc1. The number of ether oxygens (including phenoxy) is 1. The van der Waals surface area contributed by atoms with Crippen LogP contribution >= 0.6 is 0 Å². The number of amides is 2. The Labute approximate surface area is 205 Å². The number of nitrogens with zero attached hydrogens (tertiary/aromatic N) is 2. The van der Waals surface area contributed by atoms with Gasteiger partial charge < -0.3 is 25.6 Å². The van der Waals surface area contributed by atoms with E-state index in [9.17, 15) is 14.0 Å². The Morgan fingerprint density at radius 3 is 2.57 bits per heavy atom. The van der Waals surface area contributed by atoms with Gasteiger partial charge in [-0.05, 0) is 44.5 Å². The zero-order valence-corrected chi connectivity index (χ0v) is 20.7. The van der Waals surface area contributed by atoms with Gasteiger partial charge in [0.15, 0.2) is 6.17 Å². The average Bonchev–Trinajstić information content (AvgIpc) is 2.82. The first-order chi connectivity index (χ1) is 16.8. The molecule has 3 N–H and O–H groups in total. The average molecular weight is 484 g/mol. The van der Waals surface area contributed by atoms with Crippen LogP contribution in [0, 0.1) is 5.82 Å². The summed E-state index contributed by atoms with van der Waals surface area (Å²) >= 11 is 0. The molecule has 2 aromatic carbocycles. The quantitative estimate of drug-likeness (QED) is 0.303. The van der Waals surface area contributed by atoms with E-state index in [1.54, 1.807) is 37.4 Å². The van der Waals surface area contributed by atoms with Crippen molar-refractivity contribution in [3.8, 4) is 5.75 Å². The molecule has 0 saturated heterocycles. The highest BCUT2D eigenvalue weighted by Gasteiger charge is 2.23. The molecule has 1 unspecified atom stereocenters. The van der Waals surface area contributed by atoms with Crippen molar-refractivity contribution in [2.75, 3.05) is 29.6 Å². The molecule has 1 aliphatic heterocycles. The molecule has 0 aliphatic carbocycles. The Morgan fingerprint density at radius 2 is 1.89 bits per heavy atom. The first-order valence-electron chi connectivity index (χ1n) is 11.9. The van der Waals surface area contributed by atoms with Crippen LogP contribution in [0.3, 0.4) is 0 Å². The second-order valence-electron chi connectivity index (χ2n) is 8.79. The molecule has 188 valence electrons. The van der Waals surface area contributed by atoms with E-state index in [2.05, 4.69) is 27.9 Å². The maximum Gasteiger partial charge on any atom is 0.233 e. The molecular formula is C26H34FN5O3. The van der Waals surface area contributed by atoms with E-state index < -0.39 is 12.0 Å². The molecular weight excluding hydrogens is 449 g/mol. The van der Waals surface area contributed by atoms with Gasteiger partial charge in [0.2, 0.25) is 11.8 Å². The van der Waals surface area contributed by atoms with E-state index in [1.165, 1.54) is 17.3 Å². The largest absolute Gasteiger partial charge is 0.493 e. The van der Waals surface area contributed by atoms with Crippen LogP contribution in [-0.4, -0.2) is 42.7 Å². The minimum absolute atomic E-state index is 0.0261. The van der Waals surface area contributed by atoms with E-state index in [-0.39, 0.29) is 24.3 Å². The molecule has 9 heteroatoms. The van der Waals surface area contributed by atoms with Crippen molar-refractivity contribution in [2.45, 2.75) is 58.7 Å². The van der Waals surface area contributed by atoms with Crippen molar-refractivity contribution in [1.29, 1.82) is 0 Å². The van der Waals surface area contributed by atoms with E-state index >= 15 is 0 Å². The first kappa shape index (κ1) is 26.0. The Hall–Kier alpha value is -3.62. The molecule has 0 aromatic heterocycles. The minimum atomic E-state index is -0.620. The van der Waals surface area contributed by atoms with Gasteiger partial charge in [-0.15, -0.1) is 0 Å². The first-order valence-corrected chi connectivity index (χ1v) is 11.9. The second kappa shape index (κ2) is 12.2. The highest BCUT2D eigenvalue weighted by atomic mass is 19.1. The highest BCUT2D eigenvalue weighted by molar-refractivity contribution is 6.03. The van der Waals surface area contributed by atoms with Crippen LogP contribution in [0.15, 0.2) is 41.4 Å². The molecule has 8 nitrogen and oxygen atoms in total. The highest BCUT2D eigenvalue weighted by Crippen LogP contribution is 2.35. The number of fused-ring (bicyclic) bond motifs is 1. The molecule has 3 rings (SSSR count). The lowest BCUT2D eigenvalue weighted by atomic mass is 10.1. The van der Waals surface area contributed by atoms with Gasteiger partial charge in [0.05, 0.1) is 24.2 Å². The van der Waals surface area contributed by atoms with Gasteiger partial charge in [-0.3, -0.25) is 9.59 Å². The van der Waals surface area contributed by atoms with Gasteiger partial charge in [0, 0.05) is 36.6 Å². The lowest BCUT2D eigenvalue weighted by Crippen LogP contribution is -2.35. The smallest absolute Gasteiger partial charge is 0.233 e. The summed E-state index contributed by atoms with van der Waals surface area (Å²) in [6.07, 6.45) is 3.77. The summed E-state index contributed by atoms with van der Waals surface area (Å²) in [4.78, 5) is 30.2. The lowest BCUT2D eigenvalue weighted by Gasteiger charge is -2.24. The van der Waals surface area contributed by atoms with Crippen LogP contribution in [0.5, 0.6) is 5.75 Å².